The molecule has 4 heteroatoms. The van der Waals surface area contributed by atoms with Gasteiger partial charge in [0, 0.05) is 10.4 Å². The van der Waals surface area contributed by atoms with Crippen molar-refractivity contribution >= 4 is 33.2 Å². The van der Waals surface area contributed by atoms with Crippen LogP contribution in [0, 0.1) is 0 Å². The molecule has 2 nitrogen and oxygen atoms in total. The van der Waals surface area contributed by atoms with Gasteiger partial charge in [-0.1, -0.05) is 24.3 Å². The number of fused-ring (bicyclic) bond motifs is 3. The molecule has 1 aromatic carbocycles. The van der Waals surface area contributed by atoms with Crippen molar-refractivity contribution in [1.82, 2.24) is 0 Å². The van der Waals surface area contributed by atoms with Crippen LogP contribution >= 0.6 is 27.3 Å². The topological polar surface area (TPSA) is 37.3 Å². The van der Waals surface area contributed by atoms with Crippen molar-refractivity contribution in [3.8, 4) is 11.1 Å². The summed E-state index contributed by atoms with van der Waals surface area (Å²) in [6.07, 6.45) is 1.93. The maximum Gasteiger partial charge on any atom is 0.338 e. The van der Waals surface area contributed by atoms with E-state index < -0.39 is 5.97 Å². The van der Waals surface area contributed by atoms with Gasteiger partial charge in [0.1, 0.15) is 0 Å². The quantitative estimate of drug-likeness (QED) is 0.865. The number of carboxylic acids is 1. The van der Waals surface area contributed by atoms with Gasteiger partial charge in [0.05, 0.1) is 9.35 Å². The van der Waals surface area contributed by atoms with Crippen molar-refractivity contribution in [2.75, 3.05) is 0 Å². The minimum Gasteiger partial charge on any atom is -0.478 e. The highest BCUT2D eigenvalue weighted by Gasteiger charge is 2.27. The molecule has 1 N–H and O–H groups in total. The van der Waals surface area contributed by atoms with E-state index in [1.807, 2.05) is 18.2 Å². The van der Waals surface area contributed by atoms with Gasteiger partial charge >= 0.3 is 5.97 Å². The van der Waals surface area contributed by atoms with E-state index >= 15 is 0 Å². The number of hydrogen-bond donors (Lipinski definition) is 1. The Kier molecular flexibility index (Phi) is 2.56. The molecule has 17 heavy (non-hydrogen) atoms. The maximum atomic E-state index is 11.3. The van der Waals surface area contributed by atoms with Gasteiger partial charge < -0.3 is 5.11 Å². The van der Waals surface area contributed by atoms with Crippen LogP contribution in [0.15, 0.2) is 28.1 Å². The van der Waals surface area contributed by atoms with Gasteiger partial charge in [0.15, 0.2) is 0 Å². The lowest BCUT2D eigenvalue weighted by Crippen LogP contribution is -2.05. The second kappa shape index (κ2) is 3.96. The third-order valence-electron chi connectivity index (χ3n) is 3.06. The standard InChI is InChI=1S/C13H9BrO2S/c14-12-11(13(15)16)10-8-4-2-1-3-7(8)5-6-9(10)17-12/h1-4H,5-6H2,(H,15,16). The molecule has 0 aliphatic heterocycles. The lowest BCUT2D eigenvalue weighted by Gasteiger charge is -2.16. The maximum absolute atomic E-state index is 11.3. The van der Waals surface area contributed by atoms with Crippen molar-refractivity contribution in [1.29, 1.82) is 0 Å². The fraction of sp³-hybridized carbons (Fsp3) is 0.154. The molecule has 1 aromatic heterocycles. The molecule has 3 rings (SSSR count). The van der Waals surface area contributed by atoms with Gasteiger partial charge in [-0.25, -0.2) is 4.79 Å². The fourth-order valence-electron chi connectivity index (χ4n) is 2.33. The van der Waals surface area contributed by atoms with Gasteiger partial charge in [0.2, 0.25) is 0 Å². The Balaban J connectivity index is 2.34. The Labute approximate surface area is 111 Å². The smallest absolute Gasteiger partial charge is 0.338 e. The van der Waals surface area contributed by atoms with Crippen molar-refractivity contribution in [3.05, 3.63) is 44.1 Å². The number of benzene rings is 1. The molecule has 0 unspecified atom stereocenters. The first-order chi connectivity index (χ1) is 8.18. The third kappa shape index (κ3) is 1.63. The summed E-state index contributed by atoms with van der Waals surface area (Å²) in [6.45, 7) is 0. The summed E-state index contributed by atoms with van der Waals surface area (Å²) in [5.74, 6) is -0.855. The Hall–Kier alpha value is -1.13. The number of rotatable bonds is 1. The van der Waals surface area contributed by atoms with Crippen LogP contribution in [0.4, 0.5) is 0 Å². The first-order valence-electron chi connectivity index (χ1n) is 5.31. The summed E-state index contributed by atoms with van der Waals surface area (Å²) in [5, 5.41) is 9.31. The highest BCUT2D eigenvalue weighted by atomic mass is 79.9. The molecule has 1 aliphatic carbocycles. The van der Waals surface area contributed by atoms with E-state index in [0.29, 0.717) is 5.56 Å². The van der Waals surface area contributed by atoms with Crippen LogP contribution in [0.3, 0.4) is 0 Å². The Bertz CT molecular complexity index is 616. The lowest BCUT2D eigenvalue weighted by atomic mass is 9.88. The first kappa shape index (κ1) is 11.0. The summed E-state index contributed by atoms with van der Waals surface area (Å²) in [5.41, 5.74) is 3.65. The van der Waals surface area contributed by atoms with Gasteiger partial charge in [-0.3, -0.25) is 0 Å². The minimum atomic E-state index is -0.855. The van der Waals surface area contributed by atoms with Crippen molar-refractivity contribution < 1.29 is 9.90 Å². The van der Waals surface area contributed by atoms with Crippen LogP contribution in [0.2, 0.25) is 0 Å². The molecular formula is C13H9BrO2S. The SMILES string of the molecule is O=C(O)c1c(Br)sc2c1-c1ccccc1CC2. The number of halogens is 1. The van der Waals surface area contributed by atoms with E-state index in [1.54, 1.807) is 11.3 Å². The van der Waals surface area contributed by atoms with Crippen molar-refractivity contribution in [2.24, 2.45) is 0 Å². The summed E-state index contributed by atoms with van der Waals surface area (Å²) < 4.78 is 0.728. The summed E-state index contributed by atoms with van der Waals surface area (Å²) in [4.78, 5) is 12.5. The zero-order chi connectivity index (χ0) is 12.0. The van der Waals surface area contributed by atoms with Crippen LogP contribution < -0.4 is 0 Å². The van der Waals surface area contributed by atoms with E-state index in [9.17, 15) is 9.90 Å². The molecule has 2 aromatic rings. The van der Waals surface area contributed by atoms with Gasteiger partial charge in [-0.15, -0.1) is 11.3 Å². The molecule has 0 saturated carbocycles. The molecule has 0 amide bonds. The van der Waals surface area contributed by atoms with Crippen LogP contribution in [0.5, 0.6) is 0 Å². The molecule has 1 aliphatic rings. The number of aromatic carboxylic acids is 1. The molecule has 0 fully saturated rings. The number of hydrogen-bond acceptors (Lipinski definition) is 2. The monoisotopic (exact) mass is 308 g/mol. The van der Waals surface area contributed by atoms with E-state index in [-0.39, 0.29) is 0 Å². The first-order valence-corrected chi connectivity index (χ1v) is 6.92. The predicted octanol–water partition coefficient (Wildman–Crippen LogP) is 3.97. The molecule has 0 spiro atoms. The second-order valence-corrected chi connectivity index (χ2v) is 6.43. The van der Waals surface area contributed by atoms with Gasteiger partial charge in [-0.05, 0) is 39.9 Å². The van der Waals surface area contributed by atoms with Crippen molar-refractivity contribution in [2.45, 2.75) is 12.8 Å². The summed E-state index contributed by atoms with van der Waals surface area (Å²) in [6, 6.07) is 8.06. The second-order valence-electron chi connectivity index (χ2n) is 4.01. The molecular weight excluding hydrogens is 300 g/mol. The van der Waals surface area contributed by atoms with Gasteiger partial charge in [0.25, 0.3) is 0 Å². The number of aryl methyl sites for hydroxylation is 2. The van der Waals surface area contributed by atoms with E-state index in [4.69, 9.17) is 0 Å². The minimum absolute atomic E-state index is 0.414. The average Bonchev–Trinajstić information content (AvgIpc) is 2.65. The molecule has 1 heterocycles. The lowest BCUT2D eigenvalue weighted by molar-refractivity contribution is 0.0697. The third-order valence-corrected chi connectivity index (χ3v) is 4.98. The number of thiophene rings is 1. The predicted molar refractivity (Wildman–Crippen MR) is 71.8 cm³/mol. The molecule has 0 saturated heterocycles. The highest BCUT2D eigenvalue weighted by molar-refractivity contribution is 9.11. The van der Waals surface area contributed by atoms with Crippen LogP contribution in [-0.2, 0) is 12.8 Å². The Morgan fingerprint density at radius 1 is 1.29 bits per heavy atom. The van der Waals surface area contributed by atoms with E-state index in [1.165, 1.54) is 10.4 Å². The van der Waals surface area contributed by atoms with Gasteiger partial charge in [-0.2, -0.15) is 0 Å². The number of carbonyl (C=O) groups is 1. The average molecular weight is 309 g/mol. The van der Waals surface area contributed by atoms with Crippen LogP contribution in [-0.4, -0.2) is 11.1 Å². The van der Waals surface area contributed by atoms with Crippen molar-refractivity contribution in [3.63, 3.8) is 0 Å². The highest BCUT2D eigenvalue weighted by Crippen LogP contribution is 2.44. The van der Waals surface area contributed by atoms with E-state index in [2.05, 4.69) is 22.0 Å². The van der Waals surface area contributed by atoms with E-state index in [0.717, 1.165) is 27.8 Å². The van der Waals surface area contributed by atoms with Crippen LogP contribution in [0.25, 0.3) is 11.1 Å². The normalized spacial score (nSPS) is 13.0. The zero-order valence-corrected chi connectivity index (χ0v) is 11.3. The van der Waals surface area contributed by atoms with Crippen LogP contribution in [0.1, 0.15) is 20.8 Å². The summed E-state index contributed by atoms with van der Waals surface area (Å²) in [7, 11) is 0. The largest absolute Gasteiger partial charge is 0.478 e. The Morgan fingerprint density at radius 2 is 2.06 bits per heavy atom. The molecule has 0 bridgehead atoms. The Morgan fingerprint density at radius 3 is 2.82 bits per heavy atom. The zero-order valence-electron chi connectivity index (χ0n) is 8.87. The fourth-order valence-corrected chi connectivity index (χ4v) is 4.31. The number of carboxylic acid groups (broad SMARTS) is 1. The molecule has 0 atom stereocenters. The molecule has 86 valence electrons. The molecule has 0 radical (unpaired) electrons. The summed E-state index contributed by atoms with van der Waals surface area (Å²) >= 11 is 4.91.